The molecule has 3 fully saturated rings. The molecular formula is C20H30N8O6. The van der Waals surface area contributed by atoms with Gasteiger partial charge in [0.05, 0.1) is 19.1 Å². The summed E-state index contributed by atoms with van der Waals surface area (Å²) in [5, 5.41) is 25.6. The molecule has 5 aliphatic heterocycles. The highest BCUT2D eigenvalue weighted by Crippen LogP contribution is 2.46. The molecule has 3 amide bonds. The molecule has 0 aromatic carbocycles. The van der Waals surface area contributed by atoms with Crippen molar-refractivity contribution in [1.82, 2.24) is 20.0 Å². The number of aliphatic imine (C=N–C) groups is 2. The number of nitrogens with two attached hydrogens (primary N) is 2. The number of ether oxygens (including phenoxy) is 1. The number of piperidine rings is 1. The third-order valence-electron chi connectivity index (χ3n) is 7.43. The molecule has 0 aliphatic carbocycles. The molecule has 1 spiro atoms. The number of hydrogen-bond acceptors (Lipinski definition) is 12. The van der Waals surface area contributed by atoms with E-state index in [9.17, 15) is 24.6 Å². The van der Waals surface area contributed by atoms with Crippen molar-refractivity contribution in [2.24, 2.45) is 27.4 Å². The van der Waals surface area contributed by atoms with Crippen LogP contribution in [0.4, 0.5) is 4.79 Å². The van der Waals surface area contributed by atoms with Crippen molar-refractivity contribution < 1.29 is 29.3 Å². The average Bonchev–Trinajstić information content (AvgIpc) is 3.36. The fourth-order valence-electron chi connectivity index (χ4n) is 5.74. The normalized spacial score (nSPS) is 36.6. The number of imide groups is 1. The van der Waals surface area contributed by atoms with Crippen LogP contribution in [0, 0.1) is 5.92 Å². The monoisotopic (exact) mass is 478 g/mol. The Bertz CT molecular complexity index is 968. The minimum Gasteiger partial charge on any atom is -0.438 e. The molecule has 5 aliphatic rings. The predicted molar refractivity (Wildman–Crippen MR) is 117 cm³/mol. The van der Waals surface area contributed by atoms with E-state index in [0.717, 1.165) is 17.7 Å². The van der Waals surface area contributed by atoms with Crippen LogP contribution in [-0.4, -0.2) is 111 Å². The summed E-state index contributed by atoms with van der Waals surface area (Å²) in [7, 11) is 0. The van der Waals surface area contributed by atoms with Gasteiger partial charge in [0.25, 0.3) is 0 Å². The first-order valence-corrected chi connectivity index (χ1v) is 11.5. The van der Waals surface area contributed by atoms with Crippen LogP contribution in [0.15, 0.2) is 9.98 Å². The molecule has 186 valence electrons. The van der Waals surface area contributed by atoms with E-state index in [0.29, 0.717) is 19.0 Å². The Hall–Kier alpha value is -3.13. The van der Waals surface area contributed by atoms with Gasteiger partial charge in [0, 0.05) is 25.9 Å². The van der Waals surface area contributed by atoms with Crippen molar-refractivity contribution in [3.05, 3.63) is 0 Å². The third kappa shape index (κ3) is 3.19. The van der Waals surface area contributed by atoms with Gasteiger partial charge in [-0.2, -0.15) is 0 Å². The summed E-state index contributed by atoms with van der Waals surface area (Å²) in [6, 6.07) is -1.90. The summed E-state index contributed by atoms with van der Waals surface area (Å²) in [6.07, 6.45) is 0.0110. The maximum Gasteiger partial charge on any atom is 0.410 e. The molecule has 14 heteroatoms. The molecule has 0 aromatic rings. The zero-order chi connectivity index (χ0) is 24.4. The number of nitrogens with zero attached hydrogens (tertiary/aromatic N) is 5. The number of carbonyl (C=O) groups is 3. The Labute approximate surface area is 195 Å². The summed E-state index contributed by atoms with van der Waals surface area (Å²) in [5.41, 5.74) is 10.4. The van der Waals surface area contributed by atoms with Crippen LogP contribution in [0.3, 0.4) is 0 Å². The van der Waals surface area contributed by atoms with Gasteiger partial charge in [0.2, 0.25) is 17.6 Å². The van der Waals surface area contributed by atoms with Crippen molar-refractivity contribution >= 4 is 29.8 Å². The molecule has 5 rings (SSSR count). The van der Waals surface area contributed by atoms with E-state index in [1.807, 2.05) is 6.92 Å². The van der Waals surface area contributed by atoms with Crippen molar-refractivity contribution in [3.63, 3.8) is 0 Å². The lowest BCUT2D eigenvalue weighted by atomic mass is 9.85. The van der Waals surface area contributed by atoms with Crippen LogP contribution in [-0.2, 0) is 14.3 Å². The van der Waals surface area contributed by atoms with E-state index < -0.39 is 35.7 Å². The van der Waals surface area contributed by atoms with Crippen LogP contribution < -0.4 is 16.8 Å². The van der Waals surface area contributed by atoms with Gasteiger partial charge < -0.3 is 41.5 Å². The zero-order valence-electron chi connectivity index (χ0n) is 18.9. The highest BCUT2D eigenvalue weighted by atomic mass is 16.6. The van der Waals surface area contributed by atoms with Gasteiger partial charge in [-0.25, -0.2) is 14.8 Å². The average molecular weight is 479 g/mol. The molecule has 0 bridgehead atoms. The van der Waals surface area contributed by atoms with Crippen LogP contribution >= 0.6 is 0 Å². The van der Waals surface area contributed by atoms with Crippen LogP contribution in [0.25, 0.3) is 0 Å². The summed E-state index contributed by atoms with van der Waals surface area (Å²) < 4.78 is 5.58. The fraction of sp³-hybridized carbons (Fsp3) is 0.750. The number of carbonyl (C=O) groups excluding carboxylic acids is 3. The van der Waals surface area contributed by atoms with Gasteiger partial charge in [-0.3, -0.25) is 14.5 Å². The lowest BCUT2D eigenvalue weighted by Crippen LogP contribution is -2.77. The van der Waals surface area contributed by atoms with Gasteiger partial charge in [0.15, 0.2) is 23.7 Å². The van der Waals surface area contributed by atoms with Crippen LogP contribution in [0.2, 0.25) is 0 Å². The Kier molecular flexibility index (Phi) is 5.13. The molecule has 5 heterocycles. The van der Waals surface area contributed by atoms with Gasteiger partial charge in [0.1, 0.15) is 6.04 Å². The van der Waals surface area contributed by atoms with E-state index in [1.165, 1.54) is 4.90 Å². The van der Waals surface area contributed by atoms with Crippen molar-refractivity contribution in [2.75, 3.05) is 26.2 Å². The van der Waals surface area contributed by atoms with Gasteiger partial charge >= 0.3 is 6.09 Å². The molecule has 7 N–H and O–H groups in total. The Balaban J connectivity index is 1.43. The molecule has 34 heavy (non-hydrogen) atoms. The Morgan fingerprint density at radius 3 is 2.59 bits per heavy atom. The SMILES string of the molecule is CC1CCCN(C(=O)OC2CN3C(N)=NC(CN4C(=O)CCC4=O)[C@@H]4N=C(N)N[C@@]43C2(O)O)C1. The second kappa shape index (κ2) is 7.70. The summed E-state index contributed by atoms with van der Waals surface area (Å²) >= 11 is 0. The number of aliphatic hydroxyl groups is 2. The fourth-order valence-corrected chi connectivity index (χ4v) is 5.74. The molecule has 3 saturated heterocycles. The molecular weight excluding hydrogens is 448 g/mol. The van der Waals surface area contributed by atoms with E-state index in [4.69, 9.17) is 16.2 Å². The minimum atomic E-state index is -2.67. The maximum atomic E-state index is 12.8. The third-order valence-corrected chi connectivity index (χ3v) is 7.43. The topological polar surface area (TPSA) is 199 Å². The zero-order valence-corrected chi connectivity index (χ0v) is 18.9. The van der Waals surface area contributed by atoms with E-state index in [-0.39, 0.29) is 49.7 Å². The Morgan fingerprint density at radius 2 is 1.91 bits per heavy atom. The lowest BCUT2D eigenvalue weighted by Gasteiger charge is -2.48. The number of nitrogens with one attached hydrogen (secondary N) is 1. The minimum absolute atomic E-state index is 0.0737. The lowest BCUT2D eigenvalue weighted by molar-refractivity contribution is -0.257. The number of rotatable bonds is 3. The number of amides is 3. The molecule has 0 radical (unpaired) electrons. The molecule has 5 atom stereocenters. The first-order chi connectivity index (χ1) is 16.0. The van der Waals surface area contributed by atoms with E-state index in [1.54, 1.807) is 4.90 Å². The second-order valence-electron chi connectivity index (χ2n) is 9.71. The second-order valence-corrected chi connectivity index (χ2v) is 9.71. The summed E-state index contributed by atoms with van der Waals surface area (Å²) in [5.74, 6) is -3.20. The first-order valence-electron chi connectivity index (χ1n) is 11.5. The van der Waals surface area contributed by atoms with Crippen molar-refractivity contribution in [1.29, 1.82) is 0 Å². The quantitative estimate of drug-likeness (QED) is 0.206. The van der Waals surface area contributed by atoms with Crippen LogP contribution in [0.1, 0.15) is 32.6 Å². The van der Waals surface area contributed by atoms with E-state index >= 15 is 0 Å². The maximum absolute atomic E-state index is 12.8. The first kappa shape index (κ1) is 22.7. The smallest absolute Gasteiger partial charge is 0.410 e. The number of likely N-dealkylation sites (tertiary alicyclic amines) is 2. The van der Waals surface area contributed by atoms with Crippen molar-refractivity contribution in [3.8, 4) is 0 Å². The van der Waals surface area contributed by atoms with Crippen LogP contribution in [0.5, 0.6) is 0 Å². The number of hydrogen-bond donors (Lipinski definition) is 5. The van der Waals surface area contributed by atoms with Crippen molar-refractivity contribution in [2.45, 2.75) is 62.2 Å². The van der Waals surface area contributed by atoms with E-state index in [2.05, 4.69) is 15.3 Å². The highest BCUT2D eigenvalue weighted by molar-refractivity contribution is 6.02. The van der Waals surface area contributed by atoms with Gasteiger partial charge in [-0.05, 0) is 18.8 Å². The molecule has 14 nitrogen and oxygen atoms in total. The predicted octanol–water partition coefficient (Wildman–Crippen LogP) is -2.95. The highest BCUT2D eigenvalue weighted by Gasteiger charge is 2.74. The molecule has 0 saturated carbocycles. The largest absolute Gasteiger partial charge is 0.438 e. The molecule has 3 unspecified atom stereocenters. The molecule has 0 aromatic heterocycles. The van der Waals surface area contributed by atoms with Gasteiger partial charge in [-0.1, -0.05) is 6.92 Å². The summed E-state index contributed by atoms with van der Waals surface area (Å²) in [6.45, 7) is 2.78. The number of guanidine groups is 2. The summed E-state index contributed by atoms with van der Waals surface area (Å²) in [4.78, 5) is 49.9. The van der Waals surface area contributed by atoms with Gasteiger partial charge in [-0.15, -0.1) is 0 Å². The Morgan fingerprint density at radius 1 is 1.21 bits per heavy atom. The standard InChI is InChI=1S/C20H30N8O6/c1-10-3-2-6-26(7-10)18(31)34-12-9-28-17(22)23-11(8-27-13(29)4-5-14(27)30)15-19(28,20(12,32)33)25-16(21)24-15/h10-12,15,32-33H,2-9H2,1H3,(H2,22,23)(H3,21,24,25)/t10?,11?,12?,15-,19-/m0/s1.